The quantitative estimate of drug-likeness (QED) is 0.768. The molecule has 0 atom stereocenters. The van der Waals surface area contributed by atoms with Gasteiger partial charge < -0.3 is 15.2 Å². The van der Waals surface area contributed by atoms with Crippen molar-refractivity contribution in [3.63, 3.8) is 0 Å². The van der Waals surface area contributed by atoms with Crippen molar-refractivity contribution in [2.45, 2.75) is 33.4 Å². The molecule has 0 unspecified atom stereocenters. The smallest absolute Gasteiger partial charge is 0.222 e. The highest BCUT2D eigenvalue weighted by Gasteiger charge is 2.05. The Balaban J connectivity index is 2.06. The number of aliphatic hydroxyl groups excluding tert-OH is 1. The van der Waals surface area contributed by atoms with E-state index in [1.165, 1.54) is 0 Å². The zero-order valence-corrected chi connectivity index (χ0v) is 12.6. The van der Waals surface area contributed by atoms with Crippen LogP contribution in [0, 0.1) is 6.92 Å². The van der Waals surface area contributed by atoms with Crippen molar-refractivity contribution in [3.05, 3.63) is 53.2 Å². The molecule has 0 bridgehead atoms. The molecule has 0 amide bonds. The van der Waals surface area contributed by atoms with Crippen LogP contribution < -0.4 is 10.1 Å². The lowest BCUT2D eigenvalue weighted by molar-refractivity contribution is 0.281. The fraction of sp³-hybridized carbons (Fsp3) is 0.353. The zero-order chi connectivity index (χ0) is 15.1. The molecule has 0 spiro atoms. The second-order valence-electron chi connectivity index (χ2n) is 5.05. The van der Waals surface area contributed by atoms with Gasteiger partial charge in [-0.25, -0.2) is 4.98 Å². The van der Waals surface area contributed by atoms with Gasteiger partial charge in [-0.1, -0.05) is 19.1 Å². The zero-order valence-electron chi connectivity index (χ0n) is 12.6. The topological polar surface area (TPSA) is 54.4 Å². The first-order valence-electron chi connectivity index (χ1n) is 7.26. The van der Waals surface area contributed by atoms with Crippen molar-refractivity contribution >= 4 is 0 Å². The van der Waals surface area contributed by atoms with Gasteiger partial charge in [0.1, 0.15) is 5.75 Å². The first kappa shape index (κ1) is 15.5. The van der Waals surface area contributed by atoms with Crippen LogP contribution in [0.2, 0.25) is 0 Å². The molecule has 112 valence electrons. The van der Waals surface area contributed by atoms with Crippen molar-refractivity contribution in [1.29, 1.82) is 0 Å². The molecule has 4 nitrogen and oxygen atoms in total. The predicted molar refractivity (Wildman–Crippen MR) is 83.4 cm³/mol. The molecule has 0 radical (unpaired) electrons. The number of pyridine rings is 1. The van der Waals surface area contributed by atoms with Gasteiger partial charge in [0.05, 0.1) is 6.61 Å². The van der Waals surface area contributed by atoms with E-state index < -0.39 is 0 Å². The maximum Gasteiger partial charge on any atom is 0.222 e. The standard InChI is InChI=1S/C17H22N2O2/c1-3-7-18-10-15-8-13(2)17(19-11-15)21-16-6-4-5-14(9-16)12-20/h4-6,8-9,11,18,20H,3,7,10,12H2,1-2H3. The molecule has 1 aromatic carbocycles. The minimum atomic E-state index is 0.00560. The van der Waals surface area contributed by atoms with E-state index in [0.717, 1.165) is 36.2 Å². The largest absolute Gasteiger partial charge is 0.439 e. The molecule has 0 fully saturated rings. The first-order valence-corrected chi connectivity index (χ1v) is 7.26. The van der Waals surface area contributed by atoms with E-state index in [-0.39, 0.29) is 6.61 Å². The second-order valence-corrected chi connectivity index (χ2v) is 5.05. The molecular formula is C17H22N2O2. The fourth-order valence-corrected chi connectivity index (χ4v) is 2.05. The van der Waals surface area contributed by atoms with E-state index >= 15 is 0 Å². The van der Waals surface area contributed by atoms with Crippen LogP contribution in [0.15, 0.2) is 36.5 Å². The summed E-state index contributed by atoms with van der Waals surface area (Å²) in [6.07, 6.45) is 2.95. The molecule has 2 aromatic rings. The lowest BCUT2D eigenvalue weighted by Gasteiger charge is -2.10. The highest BCUT2D eigenvalue weighted by atomic mass is 16.5. The molecular weight excluding hydrogens is 264 g/mol. The predicted octanol–water partition coefficient (Wildman–Crippen LogP) is 3.17. The molecule has 0 saturated carbocycles. The van der Waals surface area contributed by atoms with Crippen molar-refractivity contribution in [2.75, 3.05) is 6.54 Å². The Hall–Kier alpha value is -1.91. The number of aryl methyl sites for hydroxylation is 1. The van der Waals surface area contributed by atoms with Crippen molar-refractivity contribution < 1.29 is 9.84 Å². The monoisotopic (exact) mass is 286 g/mol. The number of ether oxygens (including phenoxy) is 1. The third kappa shape index (κ3) is 4.55. The van der Waals surface area contributed by atoms with Gasteiger partial charge >= 0.3 is 0 Å². The molecule has 2 N–H and O–H groups in total. The Morgan fingerprint density at radius 1 is 1.24 bits per heavy atom. The van der Waals surface area contributed by atoms with Crippen LogP contribution in [0.3, 0.4) is 0 Å². The van der Waals surface area contributed by atoms with Gasteiger partial charge in [0, 0.05) is 18.3 Å². The summed E-state index contributed by atoms with van der Waals surface area (Å²) < 4.78 is 5.79. The van der Waals surface area contributed by atoms with Gasteiger partial charge in [-0.3, -0.25) is 0 Å². The van der Waals surface area contributed by atoms with Crippen LogP contribution in [-0.2, 0) is 13.2 Å². The number of nitrogens with one attached hydrogen (secondary N) is 1. The van der Waals surface area contributed by atoms with Crippen molar-refractivity contribution in [2.24, 2.45) is 0 Å². The number of hydrogen-bond acceptors (Lipinski definition) is 4. The van der Waals surface area contributed by atoms with Crippen LogP contribution in [0.5, 0.6) is 11.6 Å². The Morgan fingerprint density at radius 3 is 2.81 bits per heavy atom. The van der Waals surface area contributed by atoms with E-state index in [4.69, 9.17) is 9.84 Å². The summed E-state index contributed by atoms with van der Waals surface area (Å²) in [7, 11) is 0. The molecule has 0 saturated heterocycles. The molecule has 0 aliphatic rings. The maximum absolute atomic E-state index is 9.14. The number of rotatable bonds is 7. The number of benzene rings is 1. The van der Waals surface area contributed by atoms with E-state index in [2.05, 4.69) is 23.3 Å². The van der Waals surface area contributed by atoms with Gasteiger partial charge in [0.2, 0.25) is 5.88 Å². The van der Waals surface area contributed by atoms with Crippen molar-refractivity contribution in [1.82, 2.24) is 10.3 Å². The summed E-state index contributed by atoms with van der Waals surface area (Å²) in [6, 6.07) is 9.48. The molecule has 1 aromatic heterocycles. The maximum atomic E-state index is 9.14. The molecule has 1 heterocycles. The molecule has 4 heteroatoms. The first-order chi connectivity index (χ1) is 10.2. The minimum absolute atomic E-state index is 0.00560. The van der Waals surface area contributed by atoms with E-state index in [0.29, 0.717) is 11.6 Å². The number of hydrogen-bond donors (Lipinski definition) is 2. The summed E-state index contributed by atoms with van der Waals surface area (Å²) >= 11 is 0. The normalized spacial score (nSPS) is 10.6. The summed E-state index contributed by atoms with van der Waals surface area (Å²) in [6.45, 7) is 5.97. The number of nitrogens with zero attached hydrogens (tertiary/aromatic N) is 1. The Morgan fingerprint density at radius 2 is 2.10 bits per heavy atom. The fourth-order valence-electron chi connectivity index (χ4n) is 2.05. The molecule has 0 aliphatic carbocycles. The highest BCUT2D eigenvalue weighted by Crippen LogP contribution is 2.24. The number of aliphatic hydroxyl groups is 1. The number of aromatic nitrogens is 1. The summed E-state index contributed by atoms with van der Waals surface area (Å²) in [5.41, 5.74) is 2.98. The summed E-state index contributed by atoms with van der Waals surface area (Å²) in [5.74, 6) is 1.29. The second kappa shape index (κ2) is 7.76. The van der Waals surface area contributed by atoms with Crippen molar-refractivity contribution in [3.8, 4) is 11.6 Å². The highest BCUT2D eigenvalue weighted by molar-refractivity contribution is 5.35. The Kier molecular flexibility index (Phi) is 5.72. The van der Waals surface area contributed by atoms with Gasteiger partial charge in [-0.15, -0.1) is 0 Å². The van der Waals surface area contributed by atoms with Gasteiger partial charge in [-0.2, -0.15) is 0 Å². The minimum Gasteiger partial charge on any atom is -0.439 e. The van der Waals surface area contributed by atoms with Gasteiger partial charge in [0.15, 0.2) is 0 Å². The lowest BCUT2D eigenvalue weighted by atomic mass is 10.2. The average molecular weight is 286 g/mol. The van der Waals surface area contributed by atoms with E-state index in [1.807, 2.05) is 37.4 Å². The lowest BCUT2D eigenvalue weighted by Crippen LogP contribution is -2.14. The SMILES string of the molecule is CCCNCc1cnc(Oc2cccc(CO)c2)c(C)c1. The van der Waals surface area contributed by atoms with Crippen LogP contribution in [-0.4, -0.2) is 16.6 Å². The summed E-state index contributed by atoms with van der Waals surface area (Å²) in [5, 5.41) is 12.5. The Bertz CT molecular complexity index is 585. The molecule has 21 heavy (non-hydrogen) atoms. The van der Waals surface area contributed by atoms with Gasteiger partial charge in [0.25, 0.3) is 0 Å². The third-order valence-corrected chi connectivity index (χ3v) is 3.14. The Labute approximate surface area is 125 Å². The summed E-state index contributed by atoms with van der Waals surface area (Å²) in [4.78, 5) is 4.38. The third-order valence-electron chi connectivity index (χ3n) is 3.14. The van der Waals surface area contributed by atoms with Crippen LogP contribution in [0.1, 0.15) is 30.0 Å². The van der Waals surface area contributed by atoms with Crippen LogP contribution >= 0.6 is 0 Å². The van der Waals surface area contributed by atoms with E-state index in [9.17, 15) is 0 Å². The van der Waals surface area contributed by atoms with Crippen LogP contribution in [0.4, 0.5) is 0 Å². The average Bonchev–Trinajstić information content (AvgIpc) is 2.50. The molecule has 2 rings (SSSR count). The van der Waals surface area contributed by atoms with Gasteiger partial charge in [-0.05, 0) is 49.2 Å². The molecule has 0 aliphatic heterocycles. The van der Waals surface area contributed by atoms with Crippen LogP contribution in [0.25, 0.3) is 0 Å². The van der Waals surface area contributed by atoms with E-state index in [1.54, 1.807) is 0 Å².